The second-order valence-electron chi connectivity index (χ2n) is 8.79. The predicted octanol–water partition coefficient (Wildman–Crippen LogP) is 0.797. The van der Waals surface area contributed by atoms with Gasteiger partial charge in [-0.3, -0.25) is 29.0 Å². The van der Waals surface area contributed by atoms with Gasteiger partial charge in [-0.05, 0) is 37.8 Å². The molecule has 2 rings (SSSR count). The van der Waals surface area contributed by atoms with Crippen molar-refractivity contribution in [2.75, 3.05) is 40.5 Å². The molecule has 0 radical (unpaired) electrons. The molecule has 0 aliphatic carbocycles. The van der Waals surface area contributed by atoms with Crippen LogP contribution in [0.2, 0.25) is 12.1 Å². The maximum absolute atomic E-state index is 12.6. The van der Waals surface area contributed by atoms with Crippen LogP contribution in [0.1, 0.15) is 51.4 Å². The van der Waals surface area contributed by atoms with Crippen LogP contribution in [0, 0.1) is 11.8 Å². The Kier molecular flexibility index (Phi) is 11.1. The normalized spacial score (nSPS) is 22.4. The number of carbonyl (C=O) groups is 4. The first kappa shape index (κ1) is 27.6. The quantitative estimate of drug-likeness (QED) is 0.272. The lowest BCUT2D eigenvalue weighted by atomic mass is 9.92. The van der Waals surface area contributed by atoms with Crippen molar-refractivity contribution in [1.29, 1.82) is 0 Å². The molecule has 10 nitrogen and oxygen atoms in total. The highest BCUT2D eigenvalue weighted by Gasteiger charge is 2.39. The fraction of sp³-hybridized carbons (Fsp3) is 0.818. The first-order chi connectivity index (χ1) is 15.8. The first-order valence-electron chi connectivity index (χ1n) is 11.8. The molecule has 33 heavy (non-hydrogen) atoms. The van der Waals surface area contributed by atoms with Crippen LogP contribution in [0.25, 0.3) is 0 Å². The second-order valence-corrected chi connectivity index (χ2v) is 12.4. The zero-order chi connectivity index (χ0) is 24.4. The molecule has 2 atom stereocenters. The van der Waals surface area contributed by atoms with Crippen LogP contribution in [0.3, 0.4) is 0 Å². The number of imide groups is 2. The van der Waals surface area contributed by atoms with Gasteiger partial charge in [0, 0.05) is 38.9 Å². The zero-order valence-corrected chi connectivity index (χ0v) is 20.8. The van der Waals surface area contributed by atoms with Gasteiger partial charge in [-0.25, -0.2) is 0 Å². The number of piperidine rings is 2. The Morgan fingerprint density at radius 3 is 1.52 bits per heavy atom. The minimum absolute atomic E-state index is 0.0458. The first-order valence-corrected chi connectivity index (χ1v) is 14.1. The van der Waals surface area contributed by atoms with Crippen LogP contribution in [0.5, 0.6) is 0 Å². The molecule has 188 valence electrons. The summed E-state index contributed by atoms with van der Waals surface area (Å²) in [4.78, 5) is 51.3. The summed E-state index contributed by atoms with van der Waals surface area (Å²) in [6.07, 6.45) is 4.42. The Morgan fingerprint density at radius 2 is 1.18 bits per heavy atom. The number of hydrogen-bond donors (Lipinski definition) is 2. The van der Waals surface area contributed by atoms with Crippen molar-refractivity contribution in [3.8, 4) is 0 Å². The molecule has 2 aliphatic rings. The monoisotopic (exact) mass is 486 g/mol. The van der Waals surface area contributed by atoms with Crippen molar-refractivity contribution in [2.45, 2.75) is 63.5 Å². The number of hydrogen-bond acceptors (Lipinski definition) is 8. The van der Waals surface area contributed by atoms with E-state index in [2.05, 4.69) is 0 Å². The van der Waals surface area contributed by atoms with Gasteiger partial charge in [-0.15, -0.1) is 0 Å². The van der Waals surface area contributed by atoms with E-state index in [1.165, 1.54) is 0 Å². The number of nitrogens with zero attached hydrogens (tertiary/aromatic N) is 2. The summed E-state index contributed by atoms with van der Waals surface area (Å²) in [7, 11) is 0.759. The lowest BCUT2D eigenvalue weighted by Crippen LogP contribution is -2.47. The molecule has 2 heterocycles. The summed E-state index contributed by atoms with van der Waals surface area (Å²) in [6, 6.07) is 1.40. The van der Waals surface area contributed by atoms with E-state index >= 15 is 0 Å². The molecule has 2 unspecified atom stereocenters. The van der Waals surface area contributed by atoms with Crippen LogP contribution >= 0.6 is 0 Å². The molecule has 0 aromatic heterocycles. The molecule has 4 amide bonds. The Bertz CT molecular complexity index is 646. The maximum Gasteiger partial charge on any atom is 0.337 e. The molecular weight excluding hydrogens is 448 g/mol. The minimum Gasteiger partial charge on any atom is -0.398 e. The van der Waals surface area contributed by atoms with Crippen LogP contribution in [-0.2, 0) is 28.0 Å². The van der Waals surface area contributed by atoms with Crippen molar-refractivity contribution in [3.63, 3.8) is 0 Å². The molecule has 0 aromatic rings. The summed E-state index contributed by atoms with van der Waals surface area (Å²) in [5, 5.41) is 18.2. The summed E-state index contributed by atoms with van der Waals surface area (Å²) < 4.78 is 11.6. The van der Waals surface area contributed by atoms with E-state index in [9.17, 15) is 19.2 Å². The Balaban J connectivity index is 1.84. The average molecular weight is 487 g/mol. The van der Waals surface area contributed by atoms with E-state index in [0.717, 1.165) is 22.6 Å². The highest BCUT2D eigenvalue weighted by atomic mass is 28.4. The Hall–Kier alpha value is -1.66. The second kappa shape index (κ2) is 13.3. The van der Waals surface area contributed by atoms with Gasteiger partial charge in [-0.2, -0.15) is 0 Å². The zero-order valence-electron chi connectivity index (χ0n) is 19.8. The number of aliphatic hydroxyl groups is 2. The number of aliphatic hydroxyl groups excluding tert-OH is 2. The highest BCUT2D eigenvalue weighted by molar-refractivity contribution is 6.67. The third kappa shape index (κ3) is 7.16. The van der Waals surface area contributed by atoms with E-state index in [1.54, 1.807) is 14.2 Å². The van der Waals surface area contributed by atoms with Crippen molar-refractivity contribution in [1.82, 2.24) is 9.80 Å². The van der Waals surface area contributed by atoms with Gasteiger partial charge < -0.3 is 19.1 Å². The third-order valence-electron chi connectivity index (χ3n) is 6.86. The molecule has 0 spiro atoms. The fourth-order valence-corrected chi connectivity index (χ4v) is 7.58. The summed E-state index contributed by atoms with van der Waals surface area (Å²) >= 11 is 0. The molecular formula is C22H38N2O8Si. The Labute approximate surface area is 196 Å². The minimum atomic E-state index is -2.51. The smallest absolute Gasteiger partial charge is 0.337 e. The summed E-state index contributed by atoms with van der Waals surface area (Å²) in [6.45, 7) is -0.375. The van der Waals surface area contributed by atoms with Gasteiger partial charge in [0.15, 0.2) is 0 Å². The van der Waals surface area contributed by atoms with E-state index in [4.69, 9.17) is 19.1 Å². The summed E-state index contributed by atoms with van der Waals surface area (Å²) in [5.41, 5.74) is 0. The summed E-state index contributed by atoms with van der Waals surface area (Å²) in [5.74, 6) is -1.33. The lowest BCUT2D eigenvalue weighted by Gasteiger charge is -2.32. The Morgan fingerprint density at radius 1 is 0.788 bits per heavy atom. The van der Waals surface area contributed by atoms with E-state index < -0.39 is 8.56 Å². The fourth-order valence-electron chi connectivity index (χ4n) is 4.86. The van der Waals surface area contributed by atoms with Gasteiger partial charge in [0.1, 0.15) is 0 Å². The van der Waals surface area contributed by atoms with E-state index in [1.807, 2.05) is 0 Å². The van der Waals surface area contributed by atoms with Gasteiger partial charge in [0.2, 0.25) is 23.6 Å². The predicted molar refractivity (Wildman–Crippen MR) is 121 cm³/mol. The van der Waals surface area contributed by atoms with E-state index in [-0.39, 0.29) is 61.8 Å². The molecule has 2 saturated heterocycles. The number of carbonyl (C=O) groups excluding carboxylic acids is 4. The molecule has 2 fully saturated rings. The van der Waals surface area contributed by atoms with Crippen LogP contribution in [0.15, 0.2) is 0 Å². The van der Waals surface area contributed by atoms with Crippen LogP contribution in [0.4, 0.5) is 0 Å². The molecule has 2 aliphatic heterocycles. The molecule has 0 aromatic carbocycles. The topological polar surface area (TPSA) is 134 Å². The van der Waals surface area contributed by atoms with Crippen molar-refractivity contribution < 1.29 is 38.2 Å². The average Bonchev–Trinajstić information content (AvgIpc) is 2.81. The van der Waals surface area contributed by atoms with Gasteiger partial charge in [0.25, 0.3) is 0 Å². The van der Waals surface area contributed by atoms with E-state index in [0.29, 0.717) is 50.6 Å². The van der Waals surface area contributed by atoms with Gasteiger partial charge >= 0.3 is 8.56 Å². The molecule has 2 N–H and O–H groups in total. The number of amides is 4. The maximum atomic E-state index is 12.6. The SMILES string of the molecule is CO[Si](CCCC1CCC(=O)N(CCO)C1=O)(CCCC1CCC(=O)N(CCO)C1=O)OC. The number of likely N-dealkylation sites (tertiary alicyclic amines) is 2. The number of β-amino-alcohol motifs (C(OH)–C–C–N with tert-alkyl or cyclic N) is 2. The number of rotatable bonds is 14. The van der Waals surface area contributed by atoms with Crippen molar-refractivity contribution in [3.05, 3.63) is 0 Å². The largest absolute Gasteiger partial charge is 0.398 e. The third-order valence-corrected chi connectivity index (χ3v) is 10.6. The van der Waals surface area contributed by atoms with Crippen LogP contribution in [-0.4, -0.2) is 92.7 Å². The van der Waals surface area contributed by atoms with Crippen molar-refractivity contribution >= 4 is 32.2 Å². The molecule has 0 bridgehead atoms. The molecule has 0 saturated carbocycles. The van der Waals surface area contributed by atoms with Gasteiger partial charge in [0.05, 0.1) is 26.3 Å². The standard InChI is InChI=1S/C22H38N2O8Si/c1-31-33(32-2,15-3-5-17-7-9-19(27)23(11-13-25)21(17)29)16-4-6-18-8-10-20(28)24(12-14-26)22(18)30/h17-18,25-26H,3-16H2,1-2H3. The highest BCUT2D eigenvalue weighted by Crippen LogP contribution is 2.30. The van der Waals surface area contributed by atoms with Gasteiger partial charge in [-0.1, -0.05) is 12.8 Å². The van der Waals surface area contributed by atoms with Crippen LogP contribution < -0.4 is 0 Å². The van der Waals surface area contributed by atoms with Crippen molar-refractivity contribution in [2.24, 2.45) is 11.8 Å². The lowest BCUT2D eigenvalue weighted by molar-refractivity contribution is -0.154. The molecule has 11 heteroatoms.